The van der Waals surface area contributed by atoms with Crippen molar-refractivity contribution in [2.75, 3.05) is 18.1 Å². The van der Waals surface area contributed by atoms with E-state index in [1.807, 2.05) is 4.90 Å². The van der Waals surface area contributed by atoms with Gasteiger partial charge in [-0.05, 0) is 36.3 Å². The topological polar surface area (TPSA) is 52.6 Å². The summed E-state index contributed by atoms with van der Waals surface area (Å²) in [5.74, 6) is 0.294. The minimum atomic E-state index is -2.71. The van der Waals surface area contributed by atoms with Crippen molar-refractivity contribution < 1.29 is 13.2 Å². The smallest absolute Gasteiger partial charge is 0.218 e. The summed E-state index contributed by atoms with van der Waals surface area (Å²) in [6.45, 7) is 0.675. The summed E-state index contributed by atoms with van der Waals surface area (Å²) in [6.07, 6.45) is 0.734. The molecule has 1 aromatic carbocycles. The lowest BCUT2D eigenvalue weighted by Gasteiger charge is -2.21. The maximum absolute atomic E-state index is 12.9. The molecule has 2 aliphatic rings. The summed E-state index contributed by atoms with van der Waals surface area (Å²) in [4.78, 5) is 1.99. The van der Waals surface area contributed by atoms with Gasteiger partial charge in [-0.3, -0.25) is 0 Å². The van der Waals surface area contributed by atoms with Crippen LogP contribution in [0.2, 0.25) is 0 Å². The summed E-state index contributed by atoms with van der Waals surface area (Å²) >= 11 is 5.29. The number of nitrogens with one attached hydrogen (secondary N) is 1. The lowest BCUT2D eigenvalue weighted by atomic mass is 10.1. The van der Waals surface area contributed by atoms with Gasteiger partial charge in [0, 0.05) is 6.54 Å². The van der Waals surface area contributed by atoms with Gasteiger partial charge in [-0.15, -0.1) is 0 Å². The molecule has 2 heterocycles. The van der Waals surface area contributed by atoms with Crippen molar-refractivity contribution in [1.82, 2.24) is 10.2 Å². The third kappa shape index (κ3) is 2.70. The van der Waals surface area contributed by atoms with E-state index in [9.17, 15) is 13.2 Å². The first-order chi connectivity index (χ1) is 9.44. The Bertz CT molecular complexity index is 578. The van der Waals surface area contributed by atoms with Crippen LogP contribution in [-0.4, -0.2) is 44.7 Å². The van der Waals surface area contributed by atoms with E-state index in [2.05, 4.69) is 5.32 Å². The van der Waals surface area contributed by atoms with Crippen molar-refractivity contribution in [2.24, 2.45) is 0 Å². The maximum atomic E-state index is 12.9. The van der Waals surface area contributed by atoms with Gasteiger partial charge in [0.25, 0.3) is 0 Å². The SMILES string of the molecule is O=[S+]1(O)C[C@@H]2NC(=S)N(CCc3ccc(F)cc3)[C@@H]2C1. The van der Waals surface area contributed by atoms with Crippen LogP contribution in [-0.2, 0) is 20.8 Å². The molecular formula is C13H16FN2O2S2+. The summed E-state index contributed by atoms with van der Waals surface area (Å²) in [6, 6.07) is 6.37. The first kappa shape index (κ1) is 13.9. The highest BCUT2D eigenvalue weighted by molar-refractivity contribution is 7.98. The Morgan fingerprint density at radius 2 is 2.10 bits per heavy atom. The second-order valence-corrected chi connectivity index (χ2v) is 7.90. The van der Waals surface area contributed by atoms with Crippen LogP contribution in [0.25, 0.3) is 0 Å². The van der Waals surface area contributed by atoms with E-state index in [4.69, 9.17) is 12.2 Å². The van der Waals surface area contributed by atoms with Gasteiger partial charge in [0.1, 0.15) is 17.9 Å². The van der Waals surface area contributed by atoms with Crippen molar-refractivity contribution in [3.05, 3.63) is 35.6 Å². The van der Waals surface area contributed by atoms with Crippen LogP contribution in [0.5, 0.6) is 0 Å². The van der Waals surface area contributed by atoms with E-state index in [0.717, 1.165) is 12.0 Å². The molecule has 0 spiro atoms. The third-order valence-electron chi connectivity index (χ3n) is 3.86. The molecular weight excluding hydrogens is 299 g/mol. The average Bonchev–Trinajstić information content (AvgIpc) is 2.80. The summed E-state index contributed by atoms with van der Waals surface area (Å²) in [5.41, 5.74) is 1.03. The first-order valence-corrected chi connectivity index (χ1v) is 8.74. The molecule has 0 bridgehead atoms. The van der Waals surface area contributed by atoms with Crippen LogP contribution in [0.4, 0.5) is 4.39 Å². The normalized spacial score (nSPS) is 32.3. The summed E-state index contributed by atoms with van der Waals surface area (Å²) in [5, 5.41) is 3.78. The van der Waals surface area contributed by atoms with Crippen LogP contribution in [0.3, 0.4) is 0 Å². The van der Waals surface area contributed by atoms with E-state index in [-0.39, 0.29) is 29.4 Å². The number of rotatable bonds is 3. The highest BCUT2D eigenvalue weighted by Gasteiger charge is 2.53. The van der Waals surface area contributed by atoms with Gasteiger partial charge in [0.15, 0.2) is 16.6 Å². The van der Waals surface area contributed by atoms with Gasteiger partial charge in [0.2, 0.25) is 10.2 Å². The number of fused-ring (bicyclic) bond motifs is 1. The van der Waals surface area contributed by atoms with E-state index in [1.54, 1.807) is 12.1 Å². The number of halogens is 1. The molecule has 3 rings (SSSR count). The lowest BCUT2D eigenvalue weighted by Crippen LogP contribution is -2.38. The van der Waals surface area contributed by atoms with Crippen LogP contribution >= 0.6 is 12.2 Å². The number of thiocarbonyl (C=S) groups is 1. The van der Waals surface area contributed by atoms with Gasteiger partial charge >= 0.3 is 0 Å². The average molecular weight is 315 g/mol. The standard InChI is InChI=1S/C13H15FN2O2S2/c14-10-3-1-9(2-4-10)5-6-16-12-8-20(17,18)7-11(12)15-13(16)19/h1-4,11-12H,5-8H2,(H-,15,17,18,19)/p+1/t11-,12+/m0/s1. The molecule has 20 heavy (non-hydrogen) atoms. The van der Waals surface area contributed by atoms with Crippen LogP contribution in [0.15, 0.2) is 24.3 Å². The van der Waals surface area contributed by atoms with Crippen molar-refractivity contribution in [3.8, 4) is 0 Å². The van der Waals surface area contributed by atoms with Gasteiger partial charge in [-0.25, -0.2) is 4.39 Å². The Balaban J connectivity index is 1.66. The Labute approximate surface area is 123 Å². The quantitative estimate of drug-likeness (QED) is 0.650. The maximum Gasteiger partial charge on any atom is 0.218 e. The molecule has 1 aromatic rings. The monoisotopic (exact) mass is 315 g/mol. The van der Waals surface area contributed by atoms with Crippen LogP contribution < -0.4 is 5.32 Å². The minimum absolute atomic E-state index is 0.000415. The first-order valence-electron chi connectivity index (χ1n) is 6.48. The largest absolute Gasteiger partial charge is 0.353 e. The van der Waals surface area contributed by atoms with Crippen molar-refractivity contribution in [1.29, 1.82) is 0 Å². The molecule has 1 unspecified atom stereocenters. The fraction of sp³-hybridized carbons (Fsp3) is 0.462. The van der Waals surface area contributed by atoms with Crippen molar-refractivity contribution in [3.63, 3.8) is 0 Å². The summed E-state index contributed by atoms with van der Waals surface area (Å²) < 4.78 is 34.3. The molecule has 0 aromatic heterocycles. The second kappa shape index (κ2) is 5.05. The van der Waals surface area contributed by atoms with Gasteiger partial charge in [0.05, 0.1) is 0 Å². The fourth-order valence-corrected chi connectivity index (χ4v) is 5.17. The lowest BCUT2D eigenvalue weighted by molar-refractivity contribution is 0.357. The predicted octanol–water partition coefficient (Wildman–Crippen LogP) is 1.28. The van der Waals surface area contributed by atoms with Crippen LogP contribution in [0.1, 0.15) is 5.56 Å². The Hall–Kier alpha value is -1.05. The van der Waals surface area contributed by atoms with E-state index >= 15 is 0 Å². The van der Waals surface area contributed by atoms with Gasteiger partial charge < -0.3 is 10.2 Å². The zero-order valence-electron chi connectivity index (χ0n) is 10.8. The van der Waals surface area contributed by atoms with E-state index in [0.29, 0.717) is 11.7 Å². The van der Waals surface area contributed by atoms with Gasteiger partial charge in [-0.1, -0.05) is 16.3 Å². The molecule has 0 saturated carbocycles. The van der Waals surface area contributed by atoms with Crippen LogP contribution in [0, 0.1) is 5.82 Å². The van der Waals surface area contributed by atoms with Crippen molar-refractivity contribution >= 4 is 27.5 Å². The van der Waals surface area contributed by atoms with E-state index < -0.39 is 10.2 Å². The predicted molar refractivity (Wildman–Crippen MR) is 80.5 cm³/mol. The molecule has 108 valence electrons. The molecule has 3 atom stereocenters. The fourth-order valence-electron chi connectivity index (χ4n) is 2.85. The molecule has 2 saturated heterocycles. The molecule has 2 fully saturated rings. The van der Waals surface area contributed by atoms with E-state index in [1.165, 1.54) is 12.1 Å². The number of hydrogen-bond donors (Lipinski definition) is 2. The molecule has 7 heteroatoms. The molecule has 0 aliphatic carbocycles. The third-order valence-corrected chi connectivity index (χ3v) is 5.96. The highest BCUT2D eigenvalue weighted by atomic mass is 32.3. The number of nitrogens with zero attached hydrogens (tertiary/aromatic N) is 1. The number of benzene rings is 1. The Kier molecular flexibility index (Phi) is 3.51. The zero-order valence-corrected chi connectivity index (χ0v) is 12.4. The number of hydrogen-bond acceptors (Lipinski definition) is 2. The Morgan fingerprint density at radius 1 is 1.40 bits per heavy atom. The molecule has 2 N–H and O–H groups in total. The molecule has 0 amide bonds. The molecule has 2 aliphatic heterocycles. The minimum Gasteiger partial charge on any atom is -0.353 e. The molecule has 0 radical (unpaired) electrons. The molecule has 4 nitrogen and oxygen atoms in total. The second-order valence-electron chi connectivity index (χ2n) is 5.30. The Morgan fingerprint density at radius 3 is 2.80 bits per heavy atom. The van der Waals surface area contributed by atoms with Gasteiger partial charge in [-0.2, -0.15) is 4.55 Å². The zero-order chi connectivity index (χ0) is 14.3. The highest BCUT2D eigenvalue weighted by Crippen LogP contribution is 2.27. The summed E-state index contributed by atoms with van der Waals surface area (Å²) in [7, 11) is -2.71. The van der Waals surface area contributed by atoms with Crippen molar-refractivity contribution in [2.45, 2.75) is 18.5 Å².